The van der Waals surface area contributed by atoms with Gasteiger partial charge in [0.1, 0.15) is 0 Å². The van der Waals surface area contributed by atoms with Crippen molar-refractivity contribution < 1.29 is 24.5 Å². The number of nitrogens with one attached hydrogen (secondary N) is 1. The Hall–Kier alpha value is -1.92. The van der Waals surface area contributed by atoms with Gasteiger partial charge in [-0.2, -0.15) is 0 Å². The van der Waals surface area contributed by atoms with E-state index in [1.54, 1.807) is 0 Å². The number of amides is 1. The second-order valence-corrected chi connectivity index (χ2v) is 22.8. The number of aliphatic hydroxyl groups is 2. The maximum absolute atomic E-state index is 12.4. The van der Waals surface area contributed by atoms with Crippen molar-refractivity contribution in [2.24, 2.45) is 0 Å². The van der Waals surface area contributed by atoms with Crippen molar-refractivity contribution in [2.75, 3.05) is 13.2 Å². The van der Waals surface area contributed by atoms with E-state index in [4.69, 9.17) is 4.74 Å². The number of aliphatic hydroxyl groups excluding tert-OH is 2. The number of allylic oxidation sites excluding steroid dienone is 6. The Morgan fingerprint density at radius 2 is 0.676 bits per heavy atom. The molecule has 0 bridgehead atoms. The van der Waals surface area contributed by atoms with Gasteiger partial charge in [-0.05, 0) is 83.5 Å². The summed E-state index contributed by atoms with van der Waals surface area (Å²) in [5.74, 6) is -0.0286. The van der Waals surface area contributed by atoms with E-state index in [0.717, 1.165) is 51.4 Å². The molecule has 0 aliphatic carbocycles. The van der Waals surface area contributed by atoms with E-state index in [9.17, 15) is 19.8 Å². The molecule has 1 amide bonds. The van der Waals surface area contributed by atoms with Crippen LogP contribution in [0.1, 0.15) is 361 Å². The van der Waals surface area contributed by atoms with Gasteiger partial charge in [-0.15, -0.1) is 0 Å². The first-order valence-corrected chi connectivity index (χ1v) is 33.2. The minimum atomic E-state index is -0.659. The third-order valence-electron chi connectivity index (χ3n) is 15.4. The zero-order chi connectivity index (χ0) is 53.6. The van der Waals surface area contributed by atoms with Crippen LogP contribution in [-0.2, 0) is 14.3 Å². The molecule has 3 N–H and O–H groups in total. The van der Waals surface area contributed by atoms with Crippen LogP contribution in [0.2, 0.25) is 0 Å². The Kier molecular flexibility index (Phi) is 62.0. The van der Waals surface area contributed by atoms with Gasteiger partial charge >= 0.3 is 5.97 Å². The largest absolute Gasteiger partial charge is 0.466 e. The first-order chi connectivity index (χ1) is 36.5. The van der Waals surface area contributed by atoms with E-state index < -0.39 is 12.1 Å². The second kappa shape index (κ2) is 63.6. The molecule has 0 rings (SSSR count). The summed E-state index contributed by atoms with van der Waals surface area (Å²) in [4.78, 5) is 24.5. The third-order valence-corrected chi connectivity index (χ3v) is 15.4. The summed E-state index contributed by atoms with van der Waals surface area (Å²) in [5.41, 5.74) is 0. The van der Waals surface area contributed by atoms with Gasteiger partial charge < -0.3 is 20.3 Å². The highest BCUT2D eigenvalue weighted by Gasteiger charge is 2.20. The van der Waals surface area contributed by atoms with Crippen LogP contribution >= 0.6 is 0 Å². The van der Waals surface area contributed by atoms with Crippen molar-refractivity contribution in [3.8, 4) is 0 Å². The van der Waals surface area contributed by atoms with Crippen LogP contribution in [0.5, 0.6) is 0 Å². The number of ether oxygens (including phenoxy) is 1. The predicted octanol–water partition coefficient (Wildman–Crippen LogP) is 21.1. The van der Waals surface area contributed by atoms with Gasteiger partial charge in [-0.3, -0.25) is 9.59 Å². The van der Waals surface area contributed by atoms with Gasteiger partial charge in [0.2, 0.25) is 5.91 Å². The standard InChI is InChI=1S/C68H129NO5/c1-3-5-7-9-11-13-14-15-35-39-42-46-50-54-58-62-68(73)74-63-59-55-51-47-43-40-37-34-32-30-28-26-24-22-20-18-16-17-19-21-23-25-27-29-31-33-36-38-41-45-49-53-57-61-67(72)69-65(64-70)66(71)60-56-52-48-44-12-10-8-6-4-2/h11,13,15,20,22,35,65-66,70-71H,3-10,12,14,16-19,21,23-34,36-64H2,1-2H3,(H,69,72)/b13-11-,22-20-,35-15-. The normalized spacial score (nSPS) is 12.8. The molecule has 0 fully saturated rings. The molecule has 0 aromatic carbocycles. The van der Waals surface area contributed by atoms with Crippen LogP contribution < -0.4 is 5.32 Å². The smallest absolute Gasteiger partial charge is 0.305 e. The summed E-state index contributed by atoms with van der Waals surface area (Å²) in [5, 5.41) is 23.1. The summed E-state index contributed by atoms with van der Waals surface area (Å²) in [7, 11) is 0. The third kappa shape index (κ3) is 59.3. The Labute approximate surface area is 462 Å². The van der Waals surface area contributed by atoms with Crippen LogP contribution in [-0.4, -0.2) is 47.4 Å². The van der Waals surface area contributed by atoms with Gasteiger partial charge in [0.25, 0.3) is 0 Å². The van der Waals surface area contributed by atoms with Crippen LogP contribution in [0.25, 0.3) is 0 Å². The molecular formula is C68H129NO5. The molecule has 74 heavy (non-hydrogen) atoms. The van der Waals surface area contributed by atoms with Crippen LogP contribution in [0, 0.1) is 0 Å². The number of carbonyl (C=O) groups excluding carboxylic acids is 2. The molecular weight excluding hydrogens is 911 g/mol. The number of rotatable bonds is 62. The average molecular weight is 1040 g/mol. The lowest BCUT2D eigenvalue weighted by atomic mass is 10.0. The summed E-state index contributed by atoms with van der Waals surface area (Å²) in [6.45, 7) is 4.92. The van der Waals surface area contributed by atoms with Crippen molar-refractivity contribution in [3.63, 3.8) is 0 Å². The maximum atomic E-state index is 12.4. The minimum Gasteiger partial charge on any atom is -0.466 e. The zero-order valence-electron chi connectivity index (χ0n) is 49.8. The molecule has 0 aromatic heterocycles. The first kappa shape index (κ1) is 72.1. The van der Waals surface area contributed by atoms with Crippen LogP contribution in [0.3, 0.4) is 0 Å². The highest BCUT2D eigenvalue weighted by Crippen LogP contribution is 2.18. The Morgan fingerprint density at radius 3 is 1.07 bits per heavy atom. The highest BCUT2D eigenvalue weighted by molar-refractivity contribution is 5.76. The second-order valence-electron chi connectivity index (χ2n) is 22.8. The fourth-order valence-electron chi connectivity index (χ4n) is 10.3. The molecule has 0 aliphatic rings. The monoisotopic (exact) mass is 1040 g/mol. The maximum Gasteiger partial charge on any atom is 0.305 e. The van der Waals surface area contributed by atoms with E-state index in [0.29, 0.717) is 25.9 Å². The molecule has 2 unspecified atom stereocenters. The summed E-state index contributed by atoms with van der Waals surface area (Å²) >= 11 is 0. The van der Waals surface area contributed by atoms with Crippen molar-refractivity contribution >= 4 is 11.9 Å². The SMILES string of the molecule is CCCCC/C=C\C/C=C\CCCCCCCC(=O)OCCCCCCCCCCCCCC/C=C\CCCCCCCCCCCCCCCCCCCC(=O)NC(CO)C(O)CCCCCCCCCCC. The average Bonchev–Trinajstić information content (AvgIpc) is 3.40. The lowest BCUT2D eigenvalue weighted by molar-refractivity contribution is -0.143. The van der Waals surface area contributed by atoms with E-state index in [1.807, 2.05) is 0 Å². The number of carbonyl (C=O) groups is 2. The van der Waals surface area contributed by atoms with Gasteiger partial charge in [0.15, 0.2) is 0 Å². The molecule has 0 saturated heterocycles. The quantitative estimate of drug-likeness (QED) is 0.0320. The molecule has 0 radical (unpaired) electrons. The summed E-state index contributed by atoms with van der Waals surface area (Å²) < 4.78 is 5.48. The summed E-state index contributed by atoms with van der Waals surface area (Å²) in [6.07, 6.45) is 80.6. The van der Waals surface area contributed by atoms with Crippen LogP contribution in [0.15, 0.2) is 36.5 Å². The first-order valence-electron chi connectivity index (χ1n) is 33.2. The lowest BCUT2D eigenvalue weighted by Gasteiger charge is -2.22. The Balaban J connectivity index is 3.32. The van der Waals surface area contributed by atoms with Crippen LogP contribution in [0.4, 0.5) is 0 Å². The predicted molar refractivity (Wildman–Crippen MR) is 324 cm³/mol. The van der Waals surface area contributed by atoms with Gasteiger partial charge in [0.05, 0.1) is 25.4 Å². The summed E-state index contributed by atoms with van der Waals surface area (Å²) in [6, 6.07) is -0.537. The van der Waals surface area contributed by atoms with Gasteiger partial charge in [-0.1, -0.05) is 301 Å². The van der Waals surface area contributed by atoms with E-state index in [2.05, 4.69) is 55.6 Å². The number of unbranched alkanes of at least 4 members (excludes halogenated alkanes) is 45. The zero-order valence-corrected chi connectivity index (χ0v) is 49.8. The molecule has 0 spiro atoms. The molecule has 0 saturated carbocycles. The van der Waals surface area contributed by atoms with E-state index in [-0.39, 0.29) is 18.5 Å². The molecule has 2 atom stereocenters. The number of hydrogen-bond acceptors (Lipinski definition) is 5. The van der Waals surface area contributed by atoms with Crippen molar-refractivity contribution in [2.45, 2.75) is 373 Å². The molecule has 0 aromatic rings. The van der Waals surface area contributed by atoms with Crippen molar-refractivity contribution in [1.82, 2.24) is 5.32 Å². The van der Waals surface area contributed by atoms with Gasteiger partial charge in [-0.25, -0.2) is 0 Å². The van der Waals surface area contributed by atoms with Gasteiger partial charge in [0, 0.05) is 12.8 Å². The Bertz CT molecular complexity index is 1200. The topological polar surface area (TPSA) is 95.9 Å². The highest BCUT2D eigenvalue weighted by atomic mass is 16.5. The molecule has 6 heteroatoms. The van der Waals surface area contributed by atoms with Crippen molar-refractivity contribution in [3.05, 3.63) is 36.5 Å². The molecule has 0 aliphatic heterocycles. The van der Waals surface area contributed by atoms with E-state index >= 15 is 0 Å². The molecule has 0 heterocycles. The fourth-order valence-corrected chi connectivity index (χ4v) is 10.3. The number of hydrogen-bond donors (Lipinski definition) is 3. The van der Waals surface area contributed by atoms with Crippen molar-refractivity contribution in [1.29, 1.82) is 0 Å². The lowest BCUT2D eigenvalue weighted by Crippen LogP contribution is -2.45. The Morgan fingerprint density at radius 1 is 0.378 bits per heavy atom. The molecule has 6 nitrogen and oxygen atoms in total. The number of esters is 1. The minimum absolute atomic E-state index is 0.00463. The molecule has 436 valence electrons. The fraction of sp³-hybridized carbons (Fsp3) is 0.882. The van der Waals surface area contributed by atoms with E-state index in [1.165, 1.54) is 276 Å².